The number of rotatable bonds is 6. The van der Waals surface area contributed by atoms with Crippen molar-refractivity contribution in [3.05, 3.63) is 30.3 Å². The maximum absolute atomic E-state index is 12.3. The molecular weight excluding hydrogens is 304 g/mol. The molecule has 1 aliphatic rings. The van der Waals surface area contributed by atoms with E-state index in [2.05, 4.69) is 11.9 Å². The Bertz CT molecular complexity index is 588. The highest BCUT2D eigenvalue weighted by Crippen LogP contribution is 2.29. The van der Waals surface area contributed by atoms with Gasteiger partial charge in [0.2, 0.25) is 0 Å². The number of ether oxygens (including phenoxy) is 1. The van der Waals surface area contributed by atoms with E-state index in [0.29, 0.717) is 35.8 Å². The van der Waals surface area contributed by atoms with Crippen LogP contribution in [0.25, 0.3) is 5.70 Å². The molecule has 1 heterocycles. The zero-order valence-electron chi connectivity index (χ0n) is 14.4. The average molecular weight is 332 g/mol. The number of nitrogens with zero attached hydrogens (tertiary/aromatic N) is 1. The van der Waals surface area contributed by atoms with Crippen molar-refractivity contribution in [2.24, 2.45) is 5.73 Å². The molecule has 1 atom stereocenters. The van der Waals surface area contributed by atoms with Crippen molar-refractivity contribution in [1.82, 2.24) is 10.2 Å². The Labute approximate surface area is 143 Å². The predicted octanol–water partition coefficient (Wildman–Crippen LogP) is 2.55. The van der Waals surface area contributed by atoms with Crippen LogP contribution in [-0.2, 0) is 0 Å². The zero-order valence-corrected chi connectivity index (χ0v) is 14.4. The Balaban J connectivity index is 2.05. The molecule has 0 spiro atoms. The number of nitrogen functional groups attached to an aromatic ring is 1. The Morgan fingerprint density at radius 3 is 2.96 bits per heavy atom. The quantitative estimate of drug-likeness (QED) is 0.698. The number of likely N-dealkylation sites (tertiary alicyclic amines) is 1. The van der Waals surface area contributed by atoms with Crippen molar-refractivity contribution in [3.8, 4) is 5.75 Å². The van der Waals surface area contributed by atoms with Crippen LogP contribution in [0, 0.1) is 0 Å². The number of carbonyl (C=O) groups is 1. The molecule has 2 rings (SSSR count). The summed E-state index contributed by atoms with van der Waals surface area (Å²) in [5, 5.41) is 2.95. The van der Waals surface area contributed by atoms with Gasteiger partial charge in [-0.25, -0.2) is 4.79 Å². The number of nitrogens with two attached hydrogens (primary N) is 2. The molecule has 0 saturated carbocycles. The highest BCUT2D eigenvalue weighted by molar-refractivity contribution is 5.76. The fourth-order valence-corrected chi connectivity index (χ4v) is 2.97. The highest BCUT2D eigenvalue weighted by Gasteiger charge is 2.27. The van der Waals surface area contributed by atoms with Crippen molar-refractivity contribution in [1.29, 1.82) is 0 Å². The minimum atomic E-state index is -0.0128. The van der Waals surface area contributed by atoms with Crippen LogP contribution in [0.5, 0.6) is 5.75 Å². The van der Waals surface area contributed by atoms with Crippen LogP contribution in [-0.4, -0.2) is 36.7 Å². The second-order valence-corrected chi connectivity index (χ2v) is 6.13. The summed E-state index contributed by atoms with van der Waals surface area (Å²) < 4.78 is 5.96. The van der Waals surface area contributed by atoms with Crippen LogP contribution in [0.3, 0.4) is 0 Å². The van der Waals surface area contributed by atoms with E-state index in [-0.39, 0.29) is 12.1 Å². The molecule has 1 aliphatic heterocycles. The molecule has 1 fully saturated rings. The lowest BCUT2D eigenvalue weighted by Crippen LogP contribution is -2.51. The molecule has 0 aromatic heterocycles. The number of amides is 2. The smallest absolute Gasteiger partial charge is 0.317 e. The van der Waals surface area contributed by atoms with Crippen molar-refractivity contribution < 1.29 is 9.53 Å². The summed E-state index contributed by atoms with van der Waals surface area (Å²) in [6, 6.07) is 5.46. The monoisotopic (exact) mass is 332 g/mol. The van der Waals surface area contributed by atoms with Crippen LogP contribution in [0.15, 0.2) is 24.8 Å². The van der Waals surface area contributed by atoms with Gasteiger partial charge in [-0.2, -0.15) is 0 Å². The molecule has 1 aromatic rings. The standard InChI is InChI=1S/C18H28N4O2/c1-3-10-21-18(23)22-11-5-4-7-14(22)12-24-16-9-6-8-15(20)17(16)13(2)19/h6,8-9,14H,2-5,7,10-12,19-20H2,1H3,(H,21,23). The van der Waals surface area contributed by atoms with Gasteiger partial charge in [-0.3, -0.25) is 0 Å². The van der Waals surface area contributed by atoms with Gasteiger partial charge in [0.15, 0.2) is 0 Å². The number of piperidine rings is 1. The SMILES string of the molecule is C=C(N)c1c(N)cccc1OCC1CCCCN1C(=O)NCCC. The summed E-state index contributed by atoms with van der Waals surface area (Å²) in [4.78, 5) is 14.2. The Kier molecular flexibility index (Phi) is 6.35. The molecule has 1 aromatic carbocycles. The van der Waals surface area contributed by atoms with Crippen LogP contribution >= 0.6 is 0 Å². The third-order valence-electron chi connectivity index (χ3n) is 4.23. The Morgan fingerprint density at radius 1 is 1.46 bits per heavy atom. The lowest BCUT2D eigenvalue weighted by Gasteiger charge is -2.35. The van der Waals surface area contributed by atoms with Gasteiger partial charge >= 0.3 is 6.03 Å². The molecule has 0 bridgehead atoms. The van der Waals surface area contributed by atoms with E-state index >= 15 is 0 Å². The maximum atomic E-state index is 12.3. The number of carbonyl (C=O) groups excluding carboxylic acids is 1. The van der Waals surface area contributed by atoms with Crippen LogP contribution in [0.1, 0.15) is 38.2 Å². The van der Waals surface area contributed by atoms with Crippen molar-refractivity contribution in [2.45, 2.75) is 38.6 Å². The first kappa shape index (κ1) is 18.0. The van der Waals surface area contributed by atoms with Crippen LogP contribution in [0.4, 0.5) is 10.5 Å². The Hall–Kier alpha value is -2.37. The number of nitrogens with one attached hydrogen (secondary N) is 1. The van der Waals surface area contributed by atoms with E-state index in [1.807, 2.05) is 24.0 Å². The highest BCUT2D eigenvalue weighted by atomic mass is 16.5. The number of urea groups is 1. The second-order valence-electron chi connectivity index (χ2n) is 6.13. The molecule has 1 unspecified atom stereocenters. The lowest BCUT2D eigenvalue weighted by atomic mass is 10.0. The summed E-state index contributed by atoms with van der Waals surface area (Å²) in [7, 11) is 0. The van der Waals surface area contributed by atoms with E-state index in [1.54, 1.807) is 6.07 Å². The van der Waals surface area contributed by atoms with Gasteiger partial charge in [-0.1, -0.05) is 19.6 Å². The van der Waals surface area contributed by atoms with Gasteiger partial charge in [-0.05, 0) is 37.8 Å². The maximum Gasteiger partial charge on any atom is 0.317 e. The first-order valence-corrected chi connectivity index (χ1v) is 8.55. The minimum absolute atomic E-state index is 0.0128. The van der Waals surface area contributed by atoms with E-state index in [0.717, 1.165) is 32.2 Å². The largest absolute Gasteiger partial charge is 0.491 e. The van der Waals surface area contributed by atoms with Crippen LogP contribution < -0.4 is 21.5 Å². The molecule has 0 aliphatic carbocycles. The first-order valence-electron chi connectivity index (χ1n) is 8.55. The summed E-state index contributed by atoms with van der Waals surface area (Å²) >= 11 is 0. The summed E-state index contributed by atoms with van der Waals surface area (Å²) in [6.07, 6.45) is 3.98. The van der Waals surface area contributed by atoms with E-state index < -0.39 is 0 Å². The first-order chi connectivity index (χ1) is 11.5. The van der Waals surface area contributed by atoms with Gasteiger partial charge in [0.25, 0.3) is 0 Å². The number of benzene rings is 1. The van der Waals surface area contributed by atoms with E-state index in [4.69, 9.17) is 16.2 Å². The van der Waals surface area contributed by atoms with Crippen molar-refractivity contribution in [3.63, 3.8) is 0 Å². The predicted molar refractivity (Wildman–Crippen MR) is 97.6 cm³/mol. The fraction of sp³-hybridized carbons (Fsp3) is 0.500. The van der Waals surface area contributed by atoms with Crippen molar-refractivity contribution >= 4 is 17.4 Å². The molecule has 24 heavy (non-hydrogen) atoms. The van der Waals surface area contributed by atoms with Gasteiger partial charge in [0.05, 0.1) is 11.6 Å². The van der Waals surface area contributed by atoms with E-state index in [9.17, 15) is 4.79 Å². The Morgan fingerprint density at radius 2 is 2.25 bits per heavy atom. The zero-order chi connectivity index (χ0) is 17.5. The summed E-state index contributed by atoms with van der Waals surface area (Å²) in [5.74, 6) is 0.613. The summed E-state index contributed by atoms with van der Waals surface area (Å²) in [6.45, 7) is 7.67. The molecule has 0 radical (unpaired) electrons. The number of hydrogen-bond donors (Lipinski definition) is 3. The molecular formula is C18H28N4O2. The van der Waals surface area contributed by atoms with Crippen LogP contribution in [0.2, 0.25) is 0 Å². The molecule has 2 amide bonds. The molecule has 1 saturated heterocycles. The molecule has 6 heteroatoms. The minimum Gasteiger partial charge on any atom is -0.491 e. The van der Waals surface area contributed by atoms with Gasteiger partial charge in [0, 0.05) is 24.5 Å². The number of hydrogen-bond acceptors (Lipinski definition) is 4. The topological polar surface area (TPSA) is 93.6 Å². The molecule has 132 valence electrons. The number of anilines is 1. The molecule has 5 N–H and O–H groups in total. The van der Waals surface area contributed by atoms with Gasteiger partial charge < -0.3 is 26.4 Å². The average Bonchev–Trinajstić information content (AvgIpc) is 2.57. The van der Waals surface area contributed by atoms with Crippen molar-refractivity contribution in [2.75, 3.05) is 25.4 Å². The van der Waals surface area contributed by atoms with Gasteiger partial charge in [-0.15, -0.1) is 0 Å². The third kappa shape index (κ3) is 4.34. The summed E-state index contributed by atoms with van der Waals surface area (Å²) in [5.41, 5.74) is 13.3. The molecule has 6 nitrogen and oxygen atoms in total. The van der Waals surface area contributed by atoms with E-state index in [1.165, 1.54) is 0 Å². The second kappa shape index (κ2) is 8.47. The van der Waals surface area contributed by atoms with Gasteiger partial charge in [0.1, 0.15) is 12.4 Å². The normalized spacial score (nSPS) is 17.4. The lowest BCUT2D eigenvalue weighted by molar-refractivity contribution is 0.116. The fourth-order valence-electron chi connectivity index (χ4n) is 2.97. The third-order valence-corrected chi connectivity index (χ3v) is 4.23.